The minimum Gasteiger partial charge on any atom is -0.478 e. The van der Waals surface area contributed by atoms with E-state index >= 15 is 0 Å². The standard InChI is InChI=1S/C20H15F4NO3/c21-14-7-6-12(16(10-14)20(22,23)24)3-1-11-2-8-17(15(9-11)19(27)28)25-18(26)13-4-5-13/h1-3,6-10,13H,4-5H2,(H,25,26)(H,27,28)/b3-1+. The smallest absolute Gasteiger partial charge is 0.417 e. The lowest BCUT2D eigenvalue weighted by Gasteiger charge is -2.11. The predicted molar refractivity (Wildman–Crippen MR) is 95.1 cm³/mol. The summed E-state index contributed by atoms with van der Waals surface area (Å²) in [6, 6.07) is 6.42. The van der Waals surface area contributed by atoms with Gasteiger partial charge in [0.2, 0.25) is 5.91 Å². The molecule has 8 heteroatoms. The Kier molecular flexibility index (Phi) is 5.22. The fourth-order valence-electron chi connectivity index (χ4n) is 2.64. The van der Waals surface area contributed by atoms with Crippen LogP contribution in [0.15, 0.2) is 36.4 Å². The molecule has 0 aromatic heterocycles. The maximum Gasteiger partial charge on any atom is 0.417 e. The Morgan fingerprint density at radius 1 is 1.07 bits per heavy atom. The third kappa shape index (κ3) is 4.57. The number of hydrogen-bond donors (Lipinski definition) is 2. The number of nitrogens with one attached hydrogen (secondary N) is 1. The van der Waals surface area contributed by atoms with Crippen LogP contribution in [-0.2, 0) is 11.0 Å². The van der Waals surface area contributed by atoms with Crippen molar-refractivity contribution in [3.05, 3.63) is 64.5 Å². The van der Waals surface area contributed by atoms with E-state index in [0.717, 1.165) is 31.1 Å². The lowest BCUT2D eigenvalue weighted by atomic mass is 10.0. The predicted octanol–water partition coefficient (Wildman–Crippen LogP) is 5.06. The van der Waals surface area contributed by atoms with Crippen molar-refractivity contribution in [2.45, 2.75) is 19.0 Å². The summed E-state index contributed by atoms with van der Waals surface area (Å²) in [4.78, 5) is 23.3. The summed E-state index contributed by atoms with van der Waals surface area (Å²) in [5, 5.41) is 11.9. The first-order valence-corrected chi connectivity index (χ1v) is 8.38. The van der Waals surface area contributed by atoms with Crippen molar-refractivity contribution in [1.82, 2.24) is 0 Å². The fraction of sp³-hybridized carbons (Fsp3) is 0.200. The molecular formula is C20H15F4NO3. The molecule has 0 bridgehead atoms. The van der Waals surface area contributed by atoms with Gasteiger partial charge in [-0.1, -0.05) is 24.3 Å². The molecule has 0 atom stereocenters. The molecule has 2 N–H and O–H groups in total. The molecule has 28 heavy (non-hydrogen) atoms. The summed E-state index contributed by atoms with van der Waals surface area (Å²) in [7, 11) is 0. The first kappa shape index (κ1) is 19.6. The van der Waals surface area contributed by atoms with Gasteiger partial charge in [0, 0.05) is 5.92 Å². The highest BCUT2D eigenvalue weighted by Gasteiger charge is 2.33. The number of rotatable bonds is 5. The molecule has 0 unspecified atom stereocenters. The molecule has 2 aromatic carbocycles. The SMILES string of the molecule is O=C(O)c1cc(/C=C/c2ccc(F)cc2C(F)(F)F)ccc1NC(=O)C1CC1. The average molecular weight is 393 g/mol. The van der Waals surface area contributed by atoms with Gasteiger partial charge >= 0.3 is 12.1 Å². The molecule has 0 aliphatic heterocycles. The molecule has 4 nitrogen and oxygen atoms in total. The van der Waals surface area contributed by atoms with Gasteiger partial charge in [-0.2, -0.15) is 13.2 Å². The van der Waals surface area contributed by atoms with E-state index in [2.05, 4.69) is 5.32 Å². The molecule has 1 aliphatic carbocycles. The van der Waals surface area contributed by atoms with E-state index in [1.807, 2.05) is 0 Å². The topological polar surface area (TPSA) is 66.4 Å². The highest BCUT2D eigenvalue weighted by Crippen LogP contribution is 2.34. The van der Waals surface area contributed by atoms with Gasteiger partial charge in [-0.05, 0) is 48.2 Å². The van der Waals surface area contributed by atoms with Crippen molar-refractivity contribution in [2.75, 3.05) is 5.32 Å². The second-order valence-electron chi connectivity index (χ2n) is 6.44. The van der Waals surface area contributed by atoms with Crippen LogP contribution in [0.1, 0.15) is 39.9 Å². The second kappa shape index (κ2) is 7.46. The number of carboxylic acid groups (broad SMARTS) is 1. The van der Waals surface area contributed by atoms with E-state index in [1.165, 1.54) is 24.3 Å². The lowest BCUT2D eigenvalue weighted by Crippen LogP contribution is -2.16. The van der Waals surface area contributed by atoms with Crippen molar-refractivity contribution in [2.24, 2.45) is 5.92 Å². The molecule has 0 spiro atoms. The van der Waals surface area contributed by atoms with Crippen LogP contribution >= 0.6 is 0 Å². The van der Waals surface area contributed by atoms with E-state index in [0.29, 0.717) is 11.6 Å². The van der Waals surface area contributed by atoms with E-state index in [9.17, 15) is 32.3 Å². The van der Waals surface area contributed by atoms with Crippen LogP contribution in [0.4, 0.5) is 23.2 Å². The molecule has 1 saturated carbocycles. The number of carbonyl (C=O) groups excluding carboxylic acids is 1. The van der Waals surface area contributed by atoms with Crippen LogP contribution in [0.3, 0.4) is 0 Å². The molecule has 0 radical (unpaired) electrons. The molecule has 3 rings (SSSR count). The van der Waals surface area contributed by atoms with Crippen LogP contribution < -0.4 is 5.32 Å². The van der Waals surface area contributed by atoms with Crippen LogP contribution in [0.2, 0.25) is 0 Å². The fourth-order valence-corrected chi connectivity index (χ4v) is 2.64. The molecule has 2 aromatic rings. The number of benzene rings is 2. The Labute approximate surface area is 157 Å². The molecule has 146 valence electrons. The van der Waals surface area contributed by atoms with Crippen LogP contribution in [0.25, 0.3) is 12.2 Å². The number of hydrogen-bond acceptors (Lipinski definition) is 2. The van der Waals surface area contributed by atoms with Gasteiger partial charge < -0.3 is 10.4 Å². The Balaban J connectivity index is 1.89. The zero-order valence-corrected chi connectivity index (χ0v) is 14.4. The van der Waals surface area contributed by atoms with Crippen molar-refractivity contribution >= 4 is 29.7 Å². The molecular weight excluding hydrogens is 378 g/mol. The Morgan fingerprint density at radius 2 is 1.79 bits per heavy atom. The van der Waals surface area contributed by atoms with Gasteiger partial charge in [0.15, 0.2) is 0 Å². The van der Waals surface area contributed by atoms with E-state index in [-0.39, 0.29) is 28.6 Å². The molecule has 1 fully saturated rings. The summed E-state index contributed by atoms with van der Waals surface area (Å²) < 4.78 is 52.3. The normalized spacial score (nSPS) is 14.3. The van der Waals surface area contributed by atoms with Crippen molar-refractivity contribution in [3.8, 4) is 0 Å². The largest absolute Gasteiger partial charge is 0.478 e. The quantitative estimate of drug-likeness (QED) is 0.551. The highest BCUT2D eigenvalue weighted by molar-refractivity contribution is 6.02. The van der Waals surface area contributed by atoms with Gasteiger partial charge in [-0.15, -0.1) is 0 Å². The van der Waals surface area contributed by atoms with E-state index in [1.54, 1.807) is 0 Å². The number of anilines is 1. The summed E-state index contributed by atoms with van der Waals surface area (Å²) in [6.07, 6.45) is -0.791. The monoisotopic (exact) mass is 393 g/mol. The highest BCUT2D eigenvalue weighted by atomic mass is 19.4. The number of alkyl halides is 3. The number of carboxylic acids is 1. The third-order valence-corrected chi connectivity index (χ3v) is 4.26. The minimum absolute atomic E-state index is 0.111. The lowest BCUT2D eigenvalue weighted by molar-refractivity contribution is -0.137. The summed E-state index contributed by atoms with van der Waals surface area (Å²) in [5.41, 5.74) is -1.11. The molecule has 0 heterocycles. The summed E-state index contributed by atoms with van der Waals surface area (Å²) in [5.74, 6) is -2.65. The summed E-state index contributed by atoms with van der Waals surface area (Å²) in [6.45, 7) is 0. The minimum atomic E-state index is -4.73. The Bertz CT molecular complexity index is 962. The van der Waals surface area contributed by atoms with Crippen molar-refractivity contribution in [3.63, 3.8) is 0 Å². The van der Waals surface area contributed by atoms with Gasteiger partial charge in [0.25, 0.3) is 0 Å². The van der Waals surface area contributed by atoms with E-state index in [4.69, 9.17) is 0 Å². The second-order valence-corrected chi connectivity index (χ2v) is 6.44. The zero-order chi connectivity index (χ0) is 20.5. The molecule has 0 saturated heterocycles. The van der Waals surface area contributed by atoms with Crippen LogP contribution in [0.5, 0.6) is 0 Å². The van der Waals surface area contributed by atoms with Gasteiger partial charge in [-0.25, -0.2) is 9.18 Å². The zero-order valence-electron chi connectivity index (χ0n) is 14.4. The molecule has 1 aliphatic rings. The average Bonchev–Trinajstić information content (AvgIpc) is 3.45. The van der Waals surface area contributed by atoms with Crippen LogP contribution in [0, 0.1) is 11.7 Å². The van der Waals surface area contributed by atoms with Gasteiger partial charge in [0.1, 0.15) is 5.82 Å². The number of halogens is 4. The Morgan fingerprint density at radius 3 is 2.39 bits per heavy atom. The summed E-state index contributed by atoms with van der Waals surface area (Å²) >= 11 is 0. The van der Waals surface area contributed by atoms with Crippen LogP contribution in [-0.4, -0.2) is 17.0 Å². The number of aromatic carboxylic acids is 1. The number of carbonyl (C=O) groups is 2. The Hall–Kier alpha value is -3.16. The van der Waals surface area contributed by atoms with Gasteiger partial charge in [-0.3, -0.25) is 4.79 Å². The van der Waals surface area contributed by atoms with Crippen molar-refractivity contribution < 1.29 is 32.3 Å². The maximum atomic E-state index is 13.2. The third-order valence-electron chi connectivity index (χ3n) is 4.26. The number of amides is 1. The first-order valence-electron chi connectivity index (χ1n) is 8.38. The van der Waals surface area contributed by atoms with Crippen molar-refractivity contribution in [1.29, 1.82) is 0 Å². The molecule has 1 amide bonds. The maximum absolute atomic E-state index is 13.2. The van der Waals surface area contributed by atoms with E-state index < -0.39 is 23.5 Å². The first-order chi connectivity index (χ1) is 13.1. The van der Waals surface area contributed by atoms with Gasteiger partial charge in [0.05, 0.1) is 16.8 Å².